The topological polar surface area (TPSA) is 48.8 Å². The molecule has 0 radical (unpaired) electrons. The number of fused-ring (bicyclic) bond motifs is 1. The first-order chi connectivity index (χ1) is 13.3. The molecule has 0 atom stereocenters. The Bertz CT molecular complexity index is 900. The molecule has 1 aliphatic rings. The molecule has 3 aromatic rings. The van der Waals surface area contributed by atoms with E-state index in [9.17, 15) is 4.79 Å². The van der Waals surface area contributed by atoms with Crippen LogP contribution in [0.15, 0.2) is 59.8 Å². The van der Waals surface area contributed by atoms with Crippen LogP contribution in [0, 0.1) is 0 Å². The number of thioether (sulfide) groups is 1. The Morgan fingerprint density at radius 2 is 1.78 bits per heavy atom. The molecule has 1 aromatic heterocycles. The summed E-state index contributed by atoms with van der Waals surface area (Å²) in [6.45, 7) is 0.789. The normalized spacial score (nSPS) is 15.1. The Kier molecular flexibility index (Phi) is 5.78. The smallest absolute Gasteiger partial charge is 0.317 e. The second-order valence-electron chi connectivity index (χ2n) is 7.21. The Labute approximate surface area is 164 Å². The van der Waals surface area contributed by atoms with Gasteiger partial charge in [-0.3, -0.25) is 4.79 Å². The molecule has 2 N–H and O–H groups in total. The van der Waals surface area contributed by atoms with E-state index in [-0.39, 0.29) is 5.91 Å². The Morgan fingerprint density at radius 1 is 1.04 bits per heavy atom. The van der Waals surface area contributed by atoms with Crippen LogP contribution in [0.2, 0.25) is 0 Å². The summed E-state index contributed by atoms with van der Waals surface area (Å²) in [5, 5.41) is 4.24. The number of amides is 1. The molecule has 27 heavy (non-hydrogen) atoms. The molecule has 1 amide bonds. The number of carbonyl (C=O) groups excluding carboxylic acids is 1. The highest BCUT2D eigenvalue weighted by Crippen LogP contribution is 2.20. The zero-order valence-electron chi connectivity index (χ0n) is 15.5. The van der Waals surface area contributed by atoms with E-state index in [2.05, 4.69) is 57.3 Å². The third-order valence-electron chi connectivity index (χ3n) is 5.18. The maximum atomic E-state index is 12.4. The number of nitrogens with one attached hydrogen (secondary N) is 2. The number of aromatic nitrogens is 2. The number of para-hydroxylation sites is 2. The van der Waals surface area contributed by atoms with Crippen molar-refractivity contribution < 1.29 is 9.36 Å². The van der Waals surface area contributed by atoms with Crippen LogP contribution < -0.4 is 9.88 Å². The van der Waals surface area contributed by atoms with Gasteiger partial charge in [-0.2, -0.15) is 0 Å². The molecule has 0 spiro atoms. The number of hydrogen-bond donors (Lipinski definition) is 2. The fraction of sp³-hybridized carbons (Fsp3) is 0.364. The second kappa shape index (κ2) is 8.61. The molecule has 0 aliphatic heterocycles. The molecule has 5 heteroatoms. The Balaban J connectivity index is 1.48. The van der Waals surface area contributed by atoms with E-state index < -0.39 is 0 Å². The number of carbonyl (C=O) groups is 1. The fourth-order valence-corrected chi connectivity index (χ4v) is 4.65. The van der Waals surface area contributed by atoms with Gasteiger partial charge >= 0.3 is 5.16 Å². The number of rotatable bonds is 6. The lowest BCUT2D eigenvalue weighted by Gasteiger charge is -2.22. The second-order valence-corrected chi connectivity index (χ2v) is 8.17. The van der Waals surface area contributed by atoms with Crippen molar-refractivity contribution in [3.05, 3.63) is 60.2 Å². The van der Waals surface area contributed by atoms with Crippen molar-refractivity contribution in [2.45, 2.75) is 49.8 Å². The van der Waals surface area contributed by atoms with Gasteiger partial charge in [0.05, 0.1) is 5.75 Å². The zero-order valence-corrected chi connectivity index (χ0v) is 16.3. The van der Waals surface area contributed by atoms with Gasteiger partial charge in [-0.1, -0.05) is 61.7 Å². The van der Waals surface area contributed by atoms with E-state index in [1.165, 1.54) is 24.8 Å². The molecule has 1 saturated carbocycles. The van der Waals surface area contributed by atoms with Gasteiger partial charge < -0.3 is 5.32 Å². The molecule has 0 bridgehead atoms. The SMILES string of the molecule is O=C(CSc1[nH]c2ccccc2[n+]1Cc1ccccc1)NC1CCCCC1. The third kappa shape index (κ3) is 4.53. The first-order valence-corrected chi connectivity index (χ1v) is 10.7. The minimum absolute atomic E-state index is 0.136. The van der Waals surface area contributed by atoms with Gasteiger partial charge in [-0.05, 0) is 42.3 Å². The van der Waals surface area contributed by atoms with Gasteiger partial charge in [0, 0.05) is 6.04 Å². The standard InChI is InChI=1S/C22H25N3OS/c26-21(23-18-11-5-2-6-12-18)16-27-22-24-19-13-7-8-14-20(19)25(22)15-17-9-3-1-4-10-17/h1,3-4,7-10,13-14,18H,2,5-6,11-12,15-16H2,(H,23,26)/p+1. The number of H-pyrrole nitrogens is 1. The summed E-state index contributed by atoms with van der Waals surface area (Å²) in [5.74, 6) is 0.579. The van der Waals surface area contributed by atoms with Crippen LogP contribution in [-0.4, -0.2) is 22.7 Å². The average Bonchev–Trinajstić information content (AvgIpc) is 3.06. The lowest BCUT2D eigenvalue weighted by Crippen LogP contribution is -2.38. The largest absolute Gasteiger partial charge is 0.353 e. The van der Waals surface area contributed by atoms with Gasteiger partial charge in [0.1, 0.15) is 6.54 Å². The summed E-state index contributed by atoms with van der Waals surface area (Å²) in [6.07, 6.45) is 6.01. The highest BCUT2D eigenvalue weighted by atomic mass is 32.2. The predicted octanol–water partition coefficient (Wildman–Crippen LogP) is 4.04. The van der Waals surface area contributed by atoms with Crippen molar-refractivity contribution in [1.82, 2.24) is 10.3 Å². The van der Waals surface area contributed by atoms with E-state index in [4.69, 9.17) is 0 Å². The lowest BCUT2D eigenvalue weighted by molar-refractivity contribution is -0.700. The molecule has 2 aromatic carbocycles. The molecule has 1 heterocycles. The summed E-state index contributed by atoms with van der Waals surface area (Å²) >= 11 is 1.58. The molecular weight excluding hydrogens is 354 g/mol. The molecule has 4 nitrogen and oxygen atoms in total. The van der Waals surface area contributed by atoms with Crippen molar-refractivity contribution in [3.8, 4) is 0 Å². The van der Waals surface area contributed by atoms with Crippen LogP contribution in [0.1, 0.15) is 37.7 Å². The highest BCUT2D eigenvalue weighted by molar-refractivity contribution is 7.99. The number of imidazole rings is 1. The van der Waals surface area contributed by atoms with Gasteiger partial charge in [-0.15, -0.1) is 0 Å². The lowest BCUT2D eigenvalue weighted by atomic mass is 9.95. The Hall–Kier alpha value is -2.27. The quantitative estimate of drug-likeness (QED) is 0.501. The average molecular weight is 381 g/mol. The fourth-order valence-electron chi connectivity index (χ4n) is 3.79. The minimum atomic E-state index is 0.136. The van der Waals surface area contributed by atoms with Crippen molar-refractivity contribution in [2.24, 2.45) is 0 Å². The van der Waals surface area contributed by atoms with Crippen molar-refractivity contribution in [2.75, 3.05) is 5.75 Å². The summed E-state index contributed by atoms with van der Waals surface area (Å²) in [4.78, 5) is 15.9. The summed E-state index contributed by atoms with van der Waals surface area (Å²) < 4.78 is 2.27. The number of nitrogens with zero attached hydrogens (tertiary/aromatic N) is 1. The van der Waals surface area contributed by atoms with Crippen molar-refractivity contribution in [1.29, 1.82) is 0 Å². The summed E-state index contributed by atoms with van der Waals surface area (Å²) in [7, 11) is 0. The number of benzene rings is 2. The van der Waals surface area contributed by atoms with Gasteiger partial charge in [-0.25, -0.2) is 9.55 Å². The molecule has 1 aliphatic carbocycles. The third-order valence-corrected chi connectivity index (χ3v) is 6.18. The molecule has 1 fully saturated rings. The zero-order chi connectivity index (χ0) is 18.5. The Morgan fingerprint density at radius 3 is 2.59 bits per heavy atom. The van der Waals surface area contributed by atoms with Crippen molar-refractivity contribution >= 4 is 28.7 Å². The number of hydrogen-bond acceptors (Lipinski definition) is 2. The predicted molar refractivity (Wildman–Crippen MR) is 110 cm³/mol. The van der Waals surface area contributed by atoms with E-state index in [1.807, 2.05) is 12.1 Å². The first kappa shape index (κ1) is 18.1. The summed E-state index contributed by atoms with van der Waals surface area (Å²) in [6, 6.07) is 19.1. The highest BCUT2D eigenvalue weighted by Gasteiger charge is 2.21. The van der Waals surface area contributed by atoms with Gasteiger partial charge in [0.15, 0.2) is 11.0 Å². The molecule has 0 unspecified atom stereocenters. The van der Waals surface area contributed by atoms with Gasteiger partial charge in [0.2, 0.25) is 5.91 Å². The van der Waals surface area contributed by atoms with Crippen LogP contribution in [0.5, 0.6) is 0 Å². The summed E-state index contributed by atoms with van der Waals surface area (Å²) in [5.41, 5.74) is 3.51. The molecular formula is C22H26N3OS+. The molecule has 4 rings (SSSR count). The van der Waals surface area contributed by atoms with E-state index in [0.717, 1.165) is 35.6 Å². The maximum Gasteiger partial charge on any atom is 0.317 e. The van der Waals surface area contributed by atoms with E-state index in [0.29, 0.717) is 11.8 Å². The van der Waals surface area contributed by atoms with Crippen LogP contribution in [0.3, 0.4) is 0 Å². The van der Waals surface area contributed by atoms with Crippen LogP contribution >= 0.6 is 11.8 Å². The van der Waals surface area contributed by atoms with Crippen LogP contribution in [0.25, 0.3) is 11.0 Å². The van der Waals surface area contributed by atoms with Crippen molar-refractivity contribution in [3.63, 3.8) is 0 Å². The monoisotopic (exact) mass is 380 g/mol. The molecule has 0 saturated heterocycles. The minimum Gasteiger partial charge on any atom is -0.353 e. The maximum absolute atomic E-state index is 12.4. The first-order valence-electron chi connectivity index (χ1n) is 9.76. The van der Waals surface area contributed by atoms with Crippen LogP contribution in [0.4, 0.5) is 0 Å². The van der Waals surface area contributed by atoms with Gasteiger partial charge in [0.25, 0.3) is 0 Å². The van der Waals surface area contributed by atoms with E-state index in [1.54, 1.807) is 11.8 Å². The van der Waals surface area contributed by atoms with E-state index >= 15 is 0 Å². The van der Waals surface area contributed by atoms with Crippen LogP contribution in [-0.2, 0) is 11.3 Å². The molecule has 140 valence electrons. The number of aromatic amines is 1.